The van der Waals surface area contributed by atoms with E-state index in [1.54, 1.807) is 13.0 Å². The second-order valence-electron chi connectivity index (χ2n) is 6.33. The van der Waals surface area contributed by atoms with Gasteiger partial charge in [-0.2, -0.15) is 0 Å². The lowest BCUT2D eigenvalue weighted by Gasteiger charge is -2.15. The standard InChI is InChI=1S/C19H19N5O2/c1-13-12-17(23-26-13)19(25)20-15-6-4-14(5-7-15)16-8-9-18(22-21-16)24-10-2-3-11-24/h4-9,12H,2-3,10-11H2,1H3,(H,20,25). The molecular weight excluding hydrogens is 330 g/mol. The van der Waals surface area contributed by atoms with Crippen molar-refractivity contribution < 1.29 is 9.32 Å². The summed E-state index contributed by atoms with van der Waals surface area (Å²) in [7, 11) is 0. The van der Waals surface area contributed by atoms with Crippen LogP contribution in [0.25, 0.3) is 11.3 Å². The molecule has 1 fully saturated rings. The topological polar surface area (TPSA) is 84.2 Å². The number of carbonyl (C=O) groups is 1. The molecular formula is C19H19N5O2. The van der Waals surface area contributed by atoms with Gasteiger partial charge < -0.3 is 14.7 Å². The van der Waals surface area contributed by atoms with E-state index in [0.29, 0.717) is 11.4 Å². The van der Waals surface area contributed by atoms with E-state index in [-0.39, 0.29) is 11.6 Å². The molecule has 1 aromatic carbocycles. The van der Waals surface area contributed by atoms with Gasteiger partial charge in [0, 0.05) is 30.4 Å². The molecule has 0 spiro atoms. The predicted molar refractivity (Wildman–Crippen MR) is 98.1 cm³/mol. The van der Waals surface area contributed by atoms with E-state index in [4.69, 9.17) is 4.52 Å². The van der Waals surface area contributed by atoms with Gasteiger partial charge in [-0.25, -0.2) is 0 Å². The molecule has 0 radical (unpaired) electrons. The van der Waals surface area contributed by atoms with E-state index >= 15 is 0 Å². The second kappa shape index (κ2) is 6.95. The summed E-state index contributed by atoms with van der Waals surface area (Å²) in [4.78, 5) is 14.3. The van der Waals surface area contributed by atoms with E-state index < -0.39 is 0 Å². The second-order valence-corrected chi connectivity index (χ2v) is 6.33. The average Bonchev–Trinajstić information content (AvgIpc) is 3.34. The van der Waals surface area contributed by atoms with Gasteiger partial charge in [-0.15, -0.1) is 10.2 Å². The molecule has 132 valence electrons. The van der Waals surface area contributed by atoms with Gasteiger partial charge in [-0.05, 0) is 44.0 Å². The van der Waals surface area contributed by atoms with Crippen LogP contribution in [0, 0.1) is 6.92 Å². The van der Waals surface area contributed by atoms with Crippen molar-refractivity contribution in [2.45, 2.75) is 19.8 Å². The van der Waals surface area contributed by atoms with Crippen molar-refractivity contribution in [1.29, 1.82) is 0 Å². The number of amides is 1. The molecule has 2 aromatic heterocycles. The Labute approximate surface area is 151 Å². The molecule has 1 saturated heterocycles. The van der Waals surface area contributed by atoms with Crippen LogP contribution in [-0.4, -0.2) is 34.4 Å². The molecule has 0 atom stereocenters. The highest BCUT2D eigenvalue weighted by atomic mass is 16.5. The van der Waals surface area contributed by atoms with Crippen molar-refractivity contribution >= 4 is 17.4 Å². The molecule has 0 unspecified atom stereocenters. The highest BCUT2D eigenvalue weighted by molar-refractivity contribution is 6.02. The number of aromatic nitrogens is 3. The van der Waals surface area contributed by atoms with Crippen LogP contribution < -0.4 is 10.2 Å². The van der Waals surface area contributed by atoms with Crippen molar-refractivity contribution in [3.63, 3.8) is 0 Å². The first-order valence-electron chi connectivity index (χ1n) is 8.63. The zero-order chi connectivity index (χ0) is 17.9. The number of hydrogen-bond donors (Lipinski definition) is 1. The number of rotatable bonds is 4. The fourth-order valence-corrected chi connectivity index (χ4v) is 2.99. The summed E-state index contributed by atoms with van der Waals surface area (Å²) in [6, 6.07) is 13.1. The number of anilines is 2. The van der Waals surface area contributed by atoms with Crippen LogP contribution >= 0.6 is 0 Å². The van der Waals surface area contributed by atoms with Gasteiger partial charge >= 0.3 is 0 Å². The minimum Gasteiger partial charge on any atom is -0.361 e. The lowest BCUT2D eigenvalue weighted by molar-refractivity contribution is 0.101. The largest absolute Gasteiger partial charge is 0.361 e. The SMILES string of the molecule is Cc1cc(C(=O)Nc2ccc(-c3ccc(N4CCCC4)nn3)cc2)no1. The van der Waals surface area contributed by atoms with Gasteiger partial charge in [0.25, 0.3) is 5.91 Å². The van der Waals surface area contributed by atoms with Crippen LogP contribution in [0.1, 0.15) is 29.1 Å². The molecule has 1 aliphatic rings. The van der Waals surface area contributed by atoms with E-state index in [9.17, 15) is 4.79 Å². The molecule has 4 rings (SSSR count). The van der Waals surface area contributed by atoms with Gasteiger partial charge in [-0.3, -0.25) is 4.79 Å². The fourth-order valence-electron chi connectivity index (χ4n) is 2.99. The molecule has 0 aliphatic carbocycles. The normalized spacial score (nSPS) is 13.8. The number of nitrogens with one attached hydrogen (secondary N) is 1. The third-order valence-electron chi connectivity index (χ3n) is 4.38. The lowest BCUT2D eigenvalue weighted by atomic mass is 10.1. The van der Waals surface area contributed by atoms with Gasteiger partial charge in [0.15, 0.2) is 11.5 Å². The summed E-state index contributed by atoms with van der Waals surface area (Å²) in [6.07, 6.45) is 2.43. The van der Waals surface area contributed by atoms with Crippen molar-refractivity contribution in [3.8, 4) is 11.3 Å². The van der Waals surface area contributed by atoms with Gasteiger partial charge in [0.1, 0.15) is 5.76 Å². The van der Waals surface area contributed by atoms with Crippen molar-refractivity contribution in [3.05, 3.63) is 53.9 Å². The van der Waals surface area contributed by atoms with Crippen molar-refractivity contribution in [1.82, 2.24) is 15.4 Å². The van der Waals surface area contributed by atoms with E-state index in [1.807, 2.05) is 36.4 Å². The number of carbonyl (C=O) groups excluding carboxylic acids is 1. The Morgan fingerprint density at radius 1 is 1.08 bits per heavy atom. The summed E-state index contributed by atoms with van der Waals surface area (Å²) < 4.78 is 4.92. The van der Waals surface area contributed by atoms with Gasteiger partial charge in [-0.1, -0.05) is 17.3 Å². The molecule has 0 bridgehead atoms. The molecule has 7 nitrogen and oxygen atoms in total. The average molecular weight is 349 g/mol. The van der Waals surface area contributed by atoms with E-state index in [0.717, 1.165) is 30.2 Å². The van der Waals surface area contributed by atoms with Gasteiger partial charge in [0.2, 0.25) is 0 Å². The van der Waals surface area contributed by atoms with Crippen LogP contribution in [-0.2, 0) is 0 Å². The Kier molecular flexibility index (Phi) is 4.35. The molecule has 1 amide bonds. The Morgan fingerprint density at radius 2 is 1.85 bits per heavy atom. The number of nitrogens with zero attached hydrogens (tertiary/aromatic N) is 4. The van der Waals surface area contributed by atoms with Gasteiger partial charge in [0.05, 0.1) is 5.69 Å². The van der Waals surface area contributed by atoms with Crippen molar-refractivity contribution in [2.24, 2.45) is 0 Å². The maximum atomic E-state index is 12.1. The highest BCUT2D eigenvalue weighted by Crippen LogP contribution is 2.22. The number of aryl methyl sites for hydroxylation is 1. The van der Waals surface area contributed by atoms with Crippen LogP contribution in [0.2, 0.25) is 0 Å². The van der Waals surface area contributed by atoms with Crippen LogP contribution in [0.4, 0.5) is 11.5 Å². The zero-order valence-electron chi connectivity index (χ0n) is 14.5. The summed E-state index contributed by atoms with van der Waals surface area (Å²) >= 11 is 0. The van der Waals surface area contributed by atoms with Crippen LogP contribution in [0.5, 0.6) is 0 Å². The summed E-state index contributed by atoms with van der Waals surface area (Å²) in [5.74, 6) is 1.23. The Morgan fingerprint density at radius 3 is 2.46 bits per heavy atom. The molecule has 3 heterocycles. The summed E-state index contributed by atoms with van der Waals surface area (Å²) in [6.45, 7) is 3.84. The summed E-state index contributed by atoms with van der Waals surface area (Å²) in [5, 5.41) is 15.2. The molecule has 0 saturated carbocycles. The third kappa shape index (κ3) is 3.42. The molecule has 1 aliphatic heterocycles. The minimum absolute atomic E-state index is 0.259. The summed E-state index contributed by atoms with van der Waals surface area (Å²) in [5.41, 5.74) is 2.69. The van der Waals surface area contributed by atoms with E-state index in [2.05, 4.69) is 25.6 Å². The third-order valence-corrected chi connectivity index (χ3v) is 4.38. The first-order chi connectivity index (χ1) is 12.7. The molecule has 1 N–H and O–H groups in total. The smallest absolute Gasteiger partial charge is 0.277 e. The van der Waals surface area contributed by atoms with Crippen molar-refractivity contribution in [2.75, 3.05) is 23.3 Å². The Bertz CT molecular complexity index is 896. The fraction of sp³-hybridized carbons (Fsp3) is 0.263. The lowest BCUT2D eigenvalue weighted by Crippen LogP contribution is -2.19. The maximum Gasteiger partial charge on any atom is 0.277 e. The first kappa shape index (κ1) is 16.3. The zero-order valence-corrected chi connectivity index (χ0v) is 14.5. The predicted octanol–water partition coefficient (Wildman–Crippen LogP) is 3.29. The number of benzene rings is 1. The maximum absolute atomic E-state index is 12.1. The first-order valence-corrected chi connectivity index (χ1v) is 8.63. The molecule has 3 aromatic rings. The minimum atomic E-state index is -0.302. The molecule has 7 heteroatoms. The monoisotopic (exact) mass is 349 g/mol. The Balaban J connectivity index is 1.44. The number of hydrogen-bond acceptors (Lipinski definition) is 6. The molecule has 26 heavy (non-hydrogen) atoms. The van der Waals surface area contributed by atoms with E-state index in [1.165, 1.54) is 12.8 Å². The highest BCUT2D eigenvalue weighted by Gasteiger charge is 2.14. The Hall–Kier alpha value is -3.22. The quantitative estimate of drug-likeness (QED) is 0.778. The van der Waals surface area contributed by atoms with Crippen LogP contribution in [0.15, 0.2) is 47.0 Å². The van der Waals surface area contributed by atoms with Crippen LogP contribution in [0.3, 0.4) is 0 Å².